The largest absolute Gasteiger partial charge is 0.345 e. The van der Waals surface area contributed by atoms with Crippen LogP contribution >= 0.6 is 0 Å². The zero-order valence-corrected chi connectivity index (χ0v) is 16.5. The molecule has 0 spiro atoms. The number of nitrogens with one attached hydrogen (secondary N) is 1. The van der Waals surface area contributed by atoms with E-state index in [1.54, 1.807) is 19.0 Å². The lowest BCUT2D eigenvalue weighted by Crippen LogP contribution is -2.21. The number of aromatic nitrogens is 3. The zero-order chi connectivity index (χ0) is 20.0. The number of carbonyl (C=O) groups excluding carboxylic acids is 2. The Morgan fingerprint density at radius 3 is 2.64 bits per heavy atom. The minimum atomic E-state index is -0.0507. The topological polar surface area (TPSA) is 80.1 Å². The molecular formula is C21H23N5O2. The molecule has 0 saturated heterocycles. The molecule has 0 radical (unpaired) electrons. The number of amides is 2. The number of imidazole rings is 1. The van der Waals surface area contributed by atoms with Crippen LogP contribution in [0.25, 0.3) is 16.9 Å². The van der Waals surface area contributed by atoms with Crippen LogP contribution in [-0.2, 0) is 11.2 Å². The molecule has 3 heterocycles. The Balaban J connectivity index is 1.87. The average molecular weight is 377 g/mol. The summed E-state index contributed by atoms with van der Waals surface area (Å²) in [5.74, 6) is 1.81. The highest BCUT2D eigenvalue weighted by atomic mass is 16.2. The fraction of sp³-hybridized carbons (Fsp3) is 0.333. The predicted molar refractivity (Wildman–Crippen MR) is 108 cm³/mol. The summed E-state index contributed by atoms with van der Waals surface area (Å²) < 4.78 is 2.04. The van der Waals surface area contributed by atoms with Gasteiger partial charge in [0.15, 0.2) is 0 Å². The summed E-state index contributed by atoms with van der Waals surface area (Å²) in [6.45, 7) is 4.17. The Morgan fingerprint density at radius 1 is 1.14 bits per heavy atom. The van der Waals surface area contributed by atoms with E-state index in [2.05, 4.69) is 19.2 Å². The van der Waals surface area contributed by atoms with Crippen LogP contribution in [0.2, 0.25) is 0 Å². The first-order chi connectivity index (χ1) is 13.3. The molecule has 0 bridgehead atoms. The van der Waals surface area contributed by atoms with Gasteiger partial charge in [-0.05, 0) is 30.3 Å². The number of carbonyl (C=O) groups is 2. The van der Waals surface area contributed by atoms with E-state index < -0.39 is 0 Å². The Morgan fingerprint density at radius 2 is 1.93 bits per heavy atom. The van der Waals surface area contributed by atoms with Gasteiger partial charge in [0.2, 0.25) is 5.91 Å². The van der Waals surface area contributed by atoms with Crippen molar-refractivity contribution in [3.05, 3.63) is 47.4 Å². The second-order valence-electron chi connectivity index (χ2n) is 7.58. The first kappa shape index (κ1) is 18.2. The van der Waals surface area contributed by atoms with Gasteiger partial charge in [0.25, 0.3) is 5.91 Å². The number of fused-ring (bicyclic) bond motifs is 2. The van der Waals surface area contributed by atoms with E-state index in [1.807, 2.05) is 34.9 Å². The Hall–Kier alpha value is -3.22. The highest BCUT2D eigenvalue weighted by Gasteiger charge is 2.21. The third-order valence-corrected chi connectivity index (χ3v) is 4.90. The maximum Gasteiger partial charge on any atom is 0.253 e. The number of hydrogen-bond donors (Lipinski definition) is 1. The van der Waals surface area contributed by atoms with Crippen molar-refractivity contribution in [3.63, 3.8) is 0 Å². The van der Waals surface area contributed by atoms with Crippen LogP contribution in [-0.4, -0.2) is 45.3 Å². The van der Waals surface area contributed by atoms with Crippen molar-refractivity contribution in [2.45, 2.75) is 32.6 Å². The number of rotatable bonds is 3. The van der Waals surface area contributed by atoms with Crippen molar-refractivity contribution >= 4 is 28.5 Å². The van der Waals surface area contributed by atoms with Gasteiger partial charge >= 0.3 is 0 Å². The maximum absolute atomic E-state index is 12.3. The van der Waals surface area contributed by atoms with Crippen molar-refractivity contribution in [1.82, 2.24) is 19.4 Å². The monoisotopic (exact) mass is 377 g/mol. The Kier molecular flexibility index (Phi) is 4.37. The Bertz CT molecular complexity index is 1100. The van der Waals surface area contributed by atoms with Crippen LogP contribution in [0.4, 0.5) is 5.69 Å². The van der Waals surface area contributed by atoms with Gasteiger partial charge in [-0.1, -0.05) is 13.8 Å². The van der Waals surface area contributed by atoms with E-state index in [0.717, 1.165) is 34.1 Å². The van der Waals surface area contributed by atoms with Crippen LogP contribution in [0.15, 0.2) is 30.3 Å². The van der Waals surface area contributed by atoms with E-state index in [9.17, 15) is 9.59 Å². The van der Waals surface area contributed by atoms with Crippen LogP contribution in [0.3, 0.4) is 0 Å². The van der Waals surface area contributed by atoms with Gasteiger partial charge < -0.3 is 10.2 Å². The molecule has 1 N–H and O–H groups in total. The highest BCUT2D eigenvalue weighted by Crippen LogP contribution is 2.29. The molecule has 7 nitrogen and oxygen atoms in total. The number of benzene rings is 1. The van der Waals surface area contributed by atoms with Crippen LogP contribution in [0, 0.1) is 0 Å². The summed E-state index contributed by atoms with van der Waals surface area (Å²) in [5.41, 5.74) is 3.94. The van der Waals surface area contributed by atoms with Crippen molar-refractivity contribution in [2.75, 3.05) is 19.4 Å². The number of anilines is 1. The number of hydrogen-bond acceptors (Lipinski definition) is 4. The summed E-state index contributed by atoms with van der Waals surface area (Å²) in [7, 11) is 3.47. The number of pyridine rings is 1. The van der Waals surface area contributed by atoms with Crippen molar-refractivity contribution in [2.24, 2.45) is 0 Å². The normalized spacial score (nSPS) is 13.5. The van der Waals surface area contributed by atoms with Gasteiger partial charge in [0.1, 0.15) is 11.6 Å². The zero-order valence-electron chi connectivity index (χ0n) is 16.5. The van der Waals surface area contributed by atoms with E-state index in [4.69, 9.17) is 9.97 Å². The molecule has 1 aliphatic heterocycles. The molecule has 0 aliphatic carbocycles. The lowest BCUT2D eigenvalue weighted by atomic mass is 10.1. The third kappa shape index (κ3) is 3.02. The SMILES string of the molecule is CC(C)c1nc2cc(C(=O)N(C)C)ccc2n1-c1ccc2c(n1)CCC(=O)N2. The second kappa shape index (κ2) is 6.74. The minimum Gasteiger partial charge on any atom is -0.345 e. The van der Waals surface area contributed by atoms with Crippen LogP contribution in [0.1, 0.15) is 48.1 Å². The van der Waals surface area contributed by atoms with Crippen molar-refractivity contribution in [3.8, 4) is 5.82 Å². The quantitative estimate of drug-likeness (QED) is 0.760. The van der Waals surface area contributed by atoms with E-state index in [1.165, 1.54) is 0 Å². The van der Waals surface area contributed by atoms with E-state index in [0.29, 0.717) is 18.4 Å². The van der Waals surface area contributed by atoms with Crippen molar-refractivity contribution in [1.29, 1.82) is 0 Å². The van der Waals surface area contributed by atoms with Gasteiger partial charge in [-0.15, -0.1) is 0 Å². The van der Waals surface area contributed by atoms with Crippen LogP contribution in [0.5, 0.6) is 0 Å². The molecule has 3 aromatic rings. The van der Waals surface area contributed by atoms with Crippen molar-refractivity contribution < 1.29 is 9.59 Å². The molecule has 0 unspecified atom stereocenters. The molecule has 4 rings (SSSR count). The van der Waals surface area contributed by atoms with Gasteiger partial charge in [-0.3, -0.25) is 14.2 Å². The van der Waals surface area contributed by atoms with E-state index in [-0.39, 0.29) is 17.7 Å². The molecule has 144 valence electrons. The third-order valence-electron chi connectivity index (χ3n) is 4.90. The predicted octanol–water partition coefficient (Wildman–Crippen LogP) is 3.13. The molecule has 0 saturated carbocycles. The molecule has 0 fully saturated rings. The smallest absolute Gasteiger partial charge is 0.253 e. The minimum absolute atomic E-state index is 0.0242. The molecule has 1 aliphatic rings. The molecule has 7 heteroatoms. The fourth-order valence-electron chi connectivity index (χ4n) is 3.48. The molecule has 0 atom stereocenters. The summed E-state index contributed by atoms with van der Waals surface area (Å²) in [4.78, 5) is 35.1. The molecular weight excluding hydrogens is 354 g/mol. The first-order valence-electron chi connectivity index (χ1n) is 9.39. The first-order valence-corrected chi connectivity index (χ1v) is 9.39. The van der Waals surface area contributed by atoms with Crippen LogP contribution < -0.4 is 5.32 Å². The van der Waals surface area contributed by atoms with Gasteiger partial charge in [0.05, 0.1) is 22.4 Å². The van der Waals surface area contributed by atoms with Gasteiger partial charge in [0, 0.05) is 38.4 Å². The average Bonchev–Trinajstić information content (AvgIpc) is 3.05. The highest BCUT2D eigenvalue weighted by molar-refractivity contribution is 5.97. The summed E-state index contributed by atoms with van der Waals surface area (Å²) in [6.07, 6.45) is 1.07. The lowest BCUT2D eigenvalue weighted by molar-refractivity contribution is -0.116. The van der Waals surface area contributed by atoms with Gasteiger partial charge in [-0.25, -0.2) is 9.97 Å². The molecule has 2 aromatic heterocycles. The van der Waals surface area contributed by atoms with Gasteiger partial charge in [-0.2, -0.15) is 0 Å². The number of aryl methyl sites for hydroxylation is 1. The Labute approximate surface area is 163 Å². The standard InChI is InChI=1S/C21H23N5O2/c1-12(2)20-24-16-11-13(21(28)25(3)4)5-8-17(16)26(20)18-9-6-15-14(22-18)7-10-19(27)23-15/h5-6,8-9,11-12H,7,10H2,1-4H3,(H,23,27). The molecule has 2 amide bonds. The van der Waals surface area contributed by atoms with E-state index >= 15 is 0 Å². The fourth-order valence-corrected chi connectivity index (χ4v) is 3.48. The summed E-state index contributed by atoms with van der Waals surface area (Å²) in [6, 6.07) is 9.38. The number of nitrogens with zero attached hydrogens (tertiary/aromatic N) is 4. The maximum atomic E-state index is 12.3. The summed E-state index contributed by atoms with van der Waals surface area (Å²) in [5, 5.41) is 2.87. The summed E-state index contributed by atoms with van der Waals surface area (Å²) >= 11 is 0. The molecule has 1 aromatic carbocycles. The molecule has 28 heavy (non-hydrogen) atoms. The second-order valence-corrected chi connectivity index (χ2v) is 7.58. The lowest BCUT2D eigenvalue weighted by Gasteiger charge is -2.18.